The smallest absolute Gasteiger partial charge is 0.266 e. The summed E-state index contributed by atoms with van der Waals surface area (Å²) in [4.78, 5) is 26.5. The first-order valence-corrected chi connectivity index (χ1v) is 9.02. The van der Waals surface area contributed by atoms with Crippen LogP contribution in [0, 0.1) is 0 Å². The number of amides is 2. The van der Waals surface area contributed by atoms with Crippen LogP contribution >= 0.6 is 24.0 Å². The fourth-order valence-corrected chi connectivity index (χ4v) is 3.60. The van der Waals surface area contributed by atoms with Crippen molar-refractivity contribution in [2.45, 2.75) is 6.42 Å². The van der Waals surface area contributed by atoms with Crippen molar-refractivity contribution in [3.8, 4) is 5.75 Å². The molecule has 26 heavy (non-hydrogen) atoms. The number of anilines is 1. The predicted molar refractivity (Wildman–Crippen MR) is 105 cm³/mol. The van der Waals surface area contributed by atoms with E-state index in [1.165, 1.54) is 22.9 Å². The molecule has 1 N–H and O–H groups in total. The predicted octanol–water partition coefficient (Wildman–Crippen LogP) is 3.52. The molecule has 0 bridgehead atoms. The lowest BCUT2D eigenvalue weighted by atomic mass is 10.3. The van der Waals surface area contributed by atoms with Gasteiger partial charge in [-0.1, -0.05) is 24.0 Å². The van der Waals surface area contributed by atoms with Crippen LogP contribution in [0.2, 0.25) is 0 Å². The summed E-state index contributed by atoms with van der Waals surface area (Å²) in [6, 6.07) is 10.5. The molecule has 6 nitrogen and oxygen atoms in total. The molecule has 1 aliphatic rings. The molecule has 1 aliphatic heterocycles. The van der Waals surface area contributed by atoms with E-state index in [4.69, 9.17) is 21.4 Å². The van der Waals surface area contributed by atoms with Crippen LogP contribution in [0.5, 0.6) is 5.75 Å². The Kier molecular flexibility index (Phi) is 5.75. The lowest BCUT2D eigenvalue weighted by Gasteiger charge is -2.14. The summed E-state index contributed by atoms with van der Waals surface area (Å²) in [7, 11) is 1.58. The zero-order valence-electron chi connectivity index (χ0n) is 13.9. The largest absolute Gasteiger partial charge is 0.497 e. The Morgan fingerprint density at radius 3 is 2.77 bits per heavy atom. The Bertz CT molecular complexity index is 845. The van der Waals surface area contributed by atoms with Gasteiger partial charge in [0.05, 0.1) is 18.3 Å². The van der Waals surface area contributed by atoms with Gasteiger partial charge in [-0.05, 0) is 36.4 Å². The minimum absolute atomic E-state index is 0.145. The molecule has 0 atom stereocenters. The van der Waals surface area contributed by atoms with Gasteiger partial charge in [0.2, 0.25) is 5.91 Å². The molecule has 8 heteroatoms. The second-order valence-corrected chi connectivity index (χ2v) is 7.05. The topological polar surface area (TPSA) is 71.8 Å². The van der Waals surface area contributed by atoms with Gasteiger partial charge in [-0.15, -0.1) is 0 Å². The molecule has 2 amide bonds. The number of nitrogens with zero attached hydrogens (tertiary/aromatic N) is 1. The molecule has 0 radical (unpaired) electrons. The number of thiocarbonyl (C=S) groups is 1. The van der Waals surface area contributed by atoms with Gasteiger partial charge in [-0.3, -0.25) is 14.5 Å². The molecule has 0 unspecified atom stereocenters. The van der Waals surface area contributed by atoms with Crippen LogP contribution in [0.25, 0.3) is 6.08 Å². The second-order valence-electron chi connectivity index (χ2n) is 5.38. The van der Waals surface area contributed by atoms with Crippen LogP contribution in [-0.4, -0.2) is 34.7 Å². The Morgan fingerprint density at radius 2 is 2.12 bits per heavy atom. The van der Waals surface area contributed by atoms with E-state index in [-0.39, 0.29) is 24.8 Å². The van der Waals surface area contributed by atoms with Gasteiger partial charge < -0.3 is 14.5 Å². The van der Waals surface area contributed by atoms with Crippen LogP contribution in [-0.2, 0) is 9.59 Å². The molecule has 134 valence electrons. The number of furan rings is 1. The molecular formula is C18H16N2O4S2. The van der Waals surface area contributed by atoms with Crippen molar-refractivity contribution in [1.29, 1.82) is 0 Å². The first-order valence-electron chi connectivity index (χ1n) is 7.79. The molecule has 2 heterocycles. The second kappa shape index (κ2) is 8.20. The minimum atomic E-state index is -0.214. The number of methoxy groups -OCH3 is 1. The maximum atomic E-state index is 12.4. The number of hydrogen-bond donors (Lipinski definition) is 1. The molecule has 2 aromatic rings. The minimum Gasteiger partial charge on any atom is -0.497 e. The summed E-state index contributed by atoms with van der Waals surface area (Å²) in [6.07, 6.45) is 3.33. The number of nitrogens with one attached hydrogen (secondary N) is 1. The standard InChI is InChI=1S/C18H16N2O4S2/c1-23-13-6-4-12(5-7-13)19-16(21)8-9-20-17(22)15(26-18(20)25)11-14-3-2-10-24-14/h2-7,10-11H,8-9H2,1H3,(H,19,21). The van der Waals surface area contributed by atoms with E-state index in [2.05, 4.69) is 5.32 Å². The van der Waals surface area contributed by atoms with Crippen molar-refractivity contribution in [3.63, 3.8) is 0 Å². The summed E-state index contributed by atoms with van der Waals surface area (Å²) in [5, 5.41) is 2.78. The van der Waals surface area contributed by atoms with Crippen molar-refractivity contribution in [2.24, 2.45) is 0 Å². The molecule has 1 aromatic heterocycles. The lowest BCUT2D eigenvalue weighted by molar-refractivity contribution is -0.122. The van der Waals surface area contributed by atoms with Crippen LogP contribution in [0.15, 0.2) is 52.0 Å². The molecule has 0 saturated carbocycles. The van der Waals surface area contributed by atoms with Gasteiger partial charge in [0.1, 0.15) is 15.8 Å². The number of rotatable bonds is 6. The van der Waals surface area contributed by atoms with Gasteiger partial charge >= 0.3 is 0 Å². The summed E-state index contributed by atoms with van der Waals surface area (Å²) >= 11 is 6.45. The number of benzene rings is 1. The molecule has 3 rings (SSSR count). The number of hydrogen-bond acceptors (Lipinski definition) is 6. The summed E-state index contributed by atoms with van der Waals surface area (Å²) < 4.78 is 10.7. The third-order valence-electron chi connectivity index (χ3n) is 3.63. The fraction of sp³-hybridized carbons (Fsp3) is 0.167. The van der Waals surface area contributed by atoms with Gasteiger partial charge in [-0.2, -0.15) is 0 Å². The van der Waals surface area contributed by atoms with E-state index in [1.54, 1.807) is 49.6 Å². The van der Waals surface area contributed by atoms with E-state index >= 15 is 0 Å². The van der Waals surface area contributed by atoms with Gasteiger partial charge in [0, 0.05) is 24.7 Å². The van der Waals surface area contributed by atoms with Crippen molar-refractivity contribution in [3.05, 3.63) is 53.3 Å². The van der Waals surface area contributed by atoms with Crippen LogP contribution in [0.4, 0.5) is 5.69 Å². The highest BCUT2D eigenvalue weighted by Crippen LogP contribution is 2.32. The van der Waals surface area contributed by atoms with Crippen molar-refractivity contribution in [2.75, 3.05) is 19.0 Å². The van der Waals surface area contributed by atoms with E-state index in [9.17, 15) is 9.59 Å². The summed E-state index contributed by atoms with van der Waals surface area (Å²) in [5.74, 6) is 0.888. The van der Waals surface area contributed by atoms with Crippen molar-refractivity contribution in [1.82, 2.24) is 4.90 Å². The van der Waals surface area contributed by atoms with E-state index in [1.807, 2.05) is 0 Å². The summed E-state index contributed by atoms with van der Waals surface area (Å²) in [5.41, 5.74) is 0.666. The van der Waals surface area contributed by atoms with E-state index in [0.29, 0.717) is 26.4 Å². The molecule has 1 fully saturated rings. The van der Waals surface area contributed by atoms with Gasteiger partial charge in [-0.25, -0.2) is 0 Å². The highest BCUT2D eigenvalue weighted by atomic mass is 32.2. The lowest BCUT2D eigenvalue weighted by Crippen LogP contribution is -2.31. The highest BCUT2D eigenvalue weighted by molar-refractivity contribution is 8.26. The molecule has 0 spiro atoms. The molecular weight excluding hydrogens is 372 g/mol. The maximum Gasteiger partial charge on any atom is 0.266 e. The van der Waals surface area contributed by atoms with E-state index in [0.717, 1.165) is 0 Å². The van der Waals surface area contributed by atoms with E-state index < -0.39 is 0 Å². The van der Waals surface area contributed by atoms with Gasteiger partial charge in [0.25, 0.3) is 5.91 Å². The molecule has 1 aromatic carbocycles. The Morgan fingerprint density at radius 1 is 1.35 bits per heavy atom. The number of thioether (sulfide) groups is 1. The molecule has 1 saturated heterocycles. The first kappa shape index (κ1) is 18.2. The SMILES string of the molecule is COc1ccc(NC(=O)CCN2C(=O)C(=Cc3ccco3)SC2=S)cc1. The van der Waals surface area contributed by atoms with Crippen LogP contribution in [0.3, 0.4) is 0 Å². The number of ether oxygens (including phenoxy) is 1. The van der Waals surface area contributed by atoms with Crippen LogP contribution in [0.1, 0.15) is 12.2 Å². The average Bonchev–Trinajstić information content (AvgIpc) is 3.23. The Hall–Kier alpha value is -2.58. The Labute approximate surface area is 160 Å². The monoisotopic (exact) mass is 388 g/mol. The van der Waals surface area contributed by atoms with Crippen molar-refractivity contribution < 1.29 is 18.7 Å². The van der Waals surface area contributed by atoms with Gasteiger partial charge in [0.15, 0.2) is 0 Å². The number of carbonyl (C=O) groups excluding carboxylic acids is 2. The van der Waals surface area contributed by atoms with Crippen molar-refractivity contribution >= 4 is 51.9 Å². The fourth-order valence-electron chi connectivity index (χ4n) is 2.31. The third-order valence-corrected chi connectivity index (χ3v) is 5.00. The quantitative estimate of drug-likeness (QED) is 0.603. The zero-order valence-corrected chi connectivity index (χ0v) is 15.6. The highest BCUT2D eigenvalue weighted by Gasteiger charge is 2.32. The number of carbonyl (C=O) groups is 2. The maximum absolute atomic E-state index is 12.4. The normalized spacial score (nSPS) is 15.6. The average molecular weight is 388 g/mol. The summed E-state index contributed by atoms with van der Waals surface area (Å²) in [6.45, 7) is 0.224. The third kappa shape index (κ3) is 4.33. The van der Waals surface area contributed by atoms with Crippen LogP contribution < -0.4 is 10.1 Å². The molecule has 0 aliphatic carbocycles. The first-order chi connectivity index (χ1) is 12.6. The Balaban J connectivity index is 1.56. The zero-order chi connectivity index (χ0) is 18.5.